The fourth-order valence-corrected chi connectivity index (χ4v) is 5.58. The van der Waals surface area contributed by atoms with Crippen molar-refractivity contribution < 1.29 is 4.79 Å². The molecule has 0 aliphatic rings. The van der Waals surface area contributed by atoms with Crippen LogP contribution in [0, 0.1) is 0 Å². The molecule has 0 aromatic rings. The molecular formula is C13H28NOP. The SMILES string of the molecule is C=C(C)C(=O)NCCC[PH](CC)(CC)CC. The van der Waals surface area contributed by atoms with Crippen LogP contribution < -0.4 is 5.32 Å². The first-order valence-corrected chi connectivity index (χ1v) is 9.28. The number of carbonyl (C=O) groups excluding carboxylic acids is 1. The summed E-state index contributed by atoms with van der Waals surface area (Å²) >= 11 is 0. The van der Waals surface area contributed by atoms with Crippen LogP contribution in [-0.4, -0.2) is 37.1 Å². The van der Waals surface area contributed by atoms with Crippen LogP contribution in [0.25, 0.3) is 0 Å². The van der Waals surface area contributed by atoms with E-state index < -0.39 is 7.26 Å². The third-order valence-electron chi connectivity index (χ3n) is 3.81. The van der Waals surface area contributed by atoms with Crippen LogP contribution in [-0.2, 0) is 4.79 Å². The van der Waals surface area contributed by atoms with Gasteiger partial charge in [-0.1, -0.05) is 0 Å². The summed E-state index contributed by atoms with van der Waals surface area (Å²) < 4.78 is 0. The Bertz CT molecular complexity index is 226. The molecule has 3 heteroatoms. The Morgan fingerprint density at radius 3 is 2.06 bits per heavy atom. The van der Waals surface area contributed by atoms with Crippen LogP contribution in [0.15, 0.2) is 12.2 Å². The summed E-state index contributed by atoms with van der Waals surface area (Å²) in [7, 11) is -0.990. The Hall–Kier alpha value is -0.360. The van der Waals surface area contributed by atoms with Gasteiger partial charge in [0.25, 0.3) is 0 Å². The van der Waals surface area contributed by atoms with Crippen molar-refractivity contribution in [3.05, 3.63) is 12.2 Å². The Labute approximate surface area is 101 Å². The van der Waals surface area contributed by atoms with Gasteiger partial charge in [-0.05, 0) is 0 Å². The molecule has 0 atom stereocenters. The second kappa shape index (κ2) is 7.84. The molecule has 0 aromatic heterocycles. The number of amides is 1. The Morgan fingerprint density at radius 1 is 1.19 bits per heavy atom. The van der Waals surface area contributed by atoms with Gasteiger partial charge >= 0.3 is 101 Å². The van der Waals surface area contributed by atoms with E-state index in [4.69, 9.17) is 0 Å². The van der Waals surface area contributed by atoms with Crippen molar-refractivity contribution in [3.63, 3.8) is 0 Å². The van der Waals surface area contributed by atoms with Crippen LogP contribution >= 0.6 is 7.26 Å². The van der Waals surface area contributed by atoms with Gasteiger partial charge in [-0.25, -0.2) is 0 Å². The van der Waals surface area contributed by atoms with Crippen molar-refractivity contribution >= 4 is 13.2 Å². The first-order valence-electron chi connectivity index (χ1n) is 6.45. The number of hydrogen-bond acceptors (Lipinski definition) is 1. The van der Waals surface area contributed by atoms with Gasteiger partial charge in [0.2, 0.25) is 0 Å². The van der Waals surface area contributed by atoms with E-state index in [1.165, 1.54) is 24.6 Å². The third-order valence-corrected chi connectivity index (χ3v) is 9.72. The van der Waals surface area contributed by atoms with Crippen molar-refractivity contribution in [2.45, 2.75) is 34.1 Å². The number of carbonyl (C=O) groups is 1. The molecule has 2 nitrogen and oxygen atoms in total. The summed E-state index contributed by atoms with van der Waals surface area (Å²) in [6, 6.07) is 0. The van der Waals surface area contributed by atoms with Crippen LogP contribution in [0.4, 0.5) is 0 Å². The topological polar surface area (TPSA) is 29.1 Å². The zero-order chi connectivity index (χ0) is 12.6. The molecule has 1 amide bonds. The van der Waals surface area contributed by atoms with E-state index in [0.29, 0.717) is 5.57 Å². The predicted molar refractivity (Wildman–Crippen MR) is 77.2 cm³/mol. The van der Waals surface area contributed by atoms with E-state index >= 15 is 0 Å². The Morgan fingerprint density at radius 2 is 1.69 bits per heavy atom. The second-order valence-electron chi connectivity index (χ2n) is 4.70. The van der Waals surface area contributed by atoms with Gasteiger partial charge < -0.3 is 0 Å². The first kappa shape index (κ1) is 15.6. The first-order chi connectivity index (χ1) is 7.51. The van der Waals surface area contributed by atoms with Gasteiger partial charge in [0, 0.05) is 0 Å². The molecule has 0 spiro atoms. The summed E-state index contributed by atoms with van der Waals surface area (Å²) in [4.78, 5) is 11.3. The molecule has 96 valence electrons. The fraction of sp³-hybridized carbons (Fsp3) is 0.769. The van der Waals surface area contributed by atoms with Crippen molar-refractivity contribution in [1.29, 1.82) is 0 Å². The van der Waals surface area contributed by atoms with Crippen molar-refractivity contribution in [2.24, 2.45) is 0 Å². The molecule has 1 N–H and O–H groups in total. The standard InChI is InChI=1S/C13H28NOP/c1-6-16(7-2,8-3)11-9-10-14-13(15)12(4)5/h16H,4,6-11H2,1-3,5H3,(H,14,15). The molecule has 0 aliphatic carbocycles. The Kier molecular flexibility index (Phi) is 7.66. The van der Waals surface area contributed by atoms with Crippen molar-refractivity contribution in [1.82, 2.24) is 5.32 Å². The molecule has 16 heavy (non-hydrogen) atoms. The molecule has 0 aromatic carbocycles. The molecule has 0 saturated carbocycles. The van der Waals surface area contributed by atoms with Crippen LogP contribution in [0.2, 0.25) is 0 Å². The van der Waals surface area contributed by atoms with Gasteiger partial charge in [-0.3, -0.25) is 0 Å². The minimum absolute atomic E-state index is 0.00300. The molecule has 0 fully saturated rings. The van der Waals surface area contributed by atoms with Crippen molar-refractivity contribution in [2.75, 3.05) is 31.2 Å². The van der Waals surface area contributed by atoms with Gasteiger partial charge in [0.05, 0.1) is 0 Å². The summed E-state index contributed by atoms with van der Waals surface area (Å²) in [6.07, 6.45) is 6.57. The summed E-state index contributed by atoms with van der Waals surface area (Å²) in [5.74, 6) is -0.00300. The third kappa shape index (κ3) is 5.12. The average molecular weight is 245 g/mol. The van der Waals surface area contributed by atoms with E-state index in [0.717, 1.165) is 13.0 Å². The summed E-state index contributed by atoms with van der Waals surface area (Å²) in [5, 5.41) is 2.91. The fourth-order valence-electron chi connectivity index (χ4n) is 2.10. The van der Waals surface area contributed by atoms with Gasteiger partial charge in [-0.15, -0.1) is 0 Å². The predicted octanol–water partition coefficient (Wildman–Crippen LogP) is 2.88. The zero-order valence-corrected chi connectivity index (χ0v) is 12.4. The second-order valence-corrected chi connectivity index (χ2v) is 10.3. The molecule has 0 heterocycles. The minimum atomic E-state index is -0.990. The maximum atomic E-state index is 11.3. The van der Waals surface area contributed by atoms with E-state index in [9.17, 15) is 4.79 Å². The number of rotatable bonds is 8. The van der Waals surface area contributed by atoms with E-state index in [2.05, 4.69) is 32.7 Å². The molecular weight excluding hydrogens is 217 g/mol. The Balaban J connectivity index is 3.88. The molecule has 0 saturated heterocycles. The molecule has 0 bridgehead atoms. The van der Waals surface area contributed by atoms with E-state index in [-0.39, 0.29) is 5.91 Å². The normalized spacial score (nSPS) is 12.2. The van der Waals surface area contributed by atoms with E-state index in [1.807, 2.05) is 0 Å². The van der Waals surface area contributed by atoms with Gasteiger partial charge in [-0.2, -0.15) is 0 Å². The number of hydrogen-bond donors (Lipinski definition) is 1. The van der Waals surface area contributed by atoms with Crippen LogP contribution in [0.3, 0.4) is 0 Å². The zero-order valence-electron chi connectivity index (χ0n) is 11.4. The number of nitrogens with one attached hydrogen (secondary N) is 1. The average Bonchev–Trinajstić information content (AvgIpc) is 2.30. The van der Waals surface area contributed by atoms with Gasteiger partial charge in [0.15, 0.2) is 0 Å². The molecule has 0 radical (unpaired) electrons. The molecule has 0 unspecified atom stereocenters. The van der Waals surface area contributed by atoms with Crippen LogP contribution in [0.5, 0.6) is 0 Å². The van der Waals surface area contributed by atoms with Crippen LogP contribution in [0.1, 0.15) is 34.1 Å². The molecule has 0 rings (SSSR count). The quantitative estimate of drug-likeness (QED) is 0.397. The van der Waals surface area contributed by atoms with Crippen molar-refractivity contribution in [3.8, 4) is 0 Å². The van der Waals surface area contributed by atoms with Gasteiger partial charge in [0.1, 0.15) is 0 Å². The summed E-state index contributed by atoms with van der Waals surface area (Å²) in [5.41, 5.74) is 0.602. The maximum absolute atomic E-state index is 11.3. The summed E-state index contributed by atoms with van der Waals surface area (Å²) in [6.45, 7) is 13.2. The molecule has 0 aliphatic heterocycles. The monoisotopic (exact) mass is 245 g/mol. The van der Waals surface area contributed by atoms with E-state index in [1.54, 1.807) is 6.92 Å².